The fourth-order valence-corrected chi connectivity index (χ4v) is 1.20. The minimum atomic E-state index is -0.253. The van der Waals surface area contributed by atoms with Gasteiger partial charge < -0.3 is 9.64 Å². The Kier molecular flexibility index (Phi) is 7.39. The zero-order valence-corrected chi connectivity index (χ0v) is 9.90. The molecule has 0 rings (SSSR count). The molecule has 0 saturated heterocycles. The minimum absolute atomic E-state index is 0.0296. The standard InChI is InChI=1S/C12H21NO2/c1-6-10(3)13(12(5)14)8-9-15-11(4)7-2/h3-4,10-11H,6-9H2,1-2,5H3. The van der Waals surface area contributed by atoms with Crippen molar-refractivity contribution < 1.29 is 9.53 Å². The predicted octanol–water partition coefficient (Wildman–Crippen LogP) is 1.83. The van der Waals surface area contributed by atoms with E-state index in [1.165, 1.54) is 6.92 Å². The van der Waals surface area contributed by atoms with Crippen molar-refractivity contribution in [1.82, 2.24) is 4.90 Å². The molecule has 0 aliphatic rings. The van der Waals surface area contributed by atoms with Crippen molar-refractivity contribution in [2.24, 2.45) is 0 Å². The molecule has 0 spiro atoms. The quantitative estimate of drug-likeness (QED) is 0.643. The summed E-state index contributed by atoms with van der Waals surface area (Å²) in [5.41, 5.74) is 0. The lowest BCUT2D eigenvalue weighted by Gasteiger charge is -2.27. The van der Waals surface area contributed by atoms with Crippen molar-refractivity contribution in [2.75, 3.05) is 13.2 Å². The van der Waals surface area contributed by atoms with Crippen molar-refractivity contribution >= 4 is 5.91 Å². The molecule has 0 aromatic carbocycles. The fourth-order valence-electron chi connectivity index (χ4n) is 1.20. The molecule has 0 aliphatic heterocycles. The first-order valence-corrected chi connectivity index (χ1v) is 5.42. The third-order valence-corrected chi connectivity index (χ3v) is 2.29. The lowest BCUT2D eigenvalue weighted by molar-refractivity contribution is -0.131. The van der Waals surface area contributed by atoms with Crippen LogP contribution in [-0.4, -0.2) is 36.1 Å². The van der Waals surface area contributed by atoms with Crippen molar-refractivity contribution in [3.05, 3.63) is 13.8 Å². The largest absolute Gasteiger partial charge is 0.376 e. The molecule has 0 aromatic rings. The van der Waals surface area contributed by atoms with E-state index in [1.54, 1.807) is 4.90 Å². The Balaban J connectivity index is 3.92. The SMILES string of the molecule is [CH]C(CC)OCCN(C(C)=O)C([CH])CC. The highest BCUT2D eigenvalue weighted by Gasteiger charge is 2.15. The molecule has 2 unspecified atom stereocenters. The number of ether oxygens (including phenoxy) is 1. The summed E-state index contributed by atoms with van der Waals surface area (Å²) >= 11 is 0. The monoisotopic (exact) mass is 211 g/mol. The number of rotatable bonds is 7. The first kappa shape index (κ1) is 14.4. The van der Waals surface area contributed by atoms with E-state index >= 15 is 0 Å². The van der Waals surface area contributed by atoms with Crippen LogP contribution in [0.15, 0.2) is 0 Å². The van der Waals surface area contributed by atoms with E-state index in [4.69, 9.17) is 18.6 Å². The summed E-state index contributed by atoms with van der Waals surface area (Å²) in [6.45, 7) is 17.7. The first-order chi connectivity index (χ1) is 7.02. The zero-order valence-electron chi connectivity index (χ0n) is 9.90. The van der Waals surface area contributed by atoms with E-state index in [0.717, 1.165) is 12.8 Å². The molecule has 15 heavy (non-hydrogen) atoms. The summed E-state index contributed by atoms with van der Waals surface area (Å²) in [4.78, 5) is 12.8. The second kappa shape index (κ2) is 7.69. The van der Waals surface area contributed by atoms with Crippen molar-refractivity contribution in [2.45, 2.75) is 45.8 Å². The molecule has 0 saturated carbocycles. The smallest absolute Gasteiger partial charge is 0.219 e. The first-order valence-electron chi connectivity index (χ1n) is 5.42. The maximum Gasteiger partial charge on any atom is 0.219 e. The number of nitrogens with zero attached hydrogens (tertiary/aromatic N) is 1. The molecule has 0 fully saturated rings. The zero-order chi connectivity index (χ0) is 11.8. The fraction of sp³-hybridized carbons (Fsp3) is 0.750. The number of hydrogen-bond donors (Lipinski definition) is 0. The lowest BCUT2D eigenvalue weighted by atomic mass is 10.2. The highest BCUT2D eigenvalue weighted by molar-refractivity contribution is 5.73. The molecule has 4 radical (unpaired) electrons. The average Bonchev–Trinajstić information content (AvgIpc) is 2.22. The van der Waals surface area contributed by atoms with Crippen LogP contribution < -0.4 is 0 Å². The number of amides is 1. The van der Waals surface area contributed by atoms with E-state index < -0.39 is 0 Å². The van der Waals surface area contributed by atoms with E-state index in [1.807, 2.05) is 13.8 Å². The third kappa shape index (κ3) is 5.78. The maximum atomic E-state index is 11.2. The molecule has 1 amide bonds. The molecule has 0 aromatic heterocycles. The minimum Gasteiger partial charge on any atom is -0.376 e. The van der Waals surface area contributed by atoms with Crippen LogP contribution in [0.1, 0.15) is 33.6 Å². The molecular weight excluding hydrogens is 190 g/mol. The molecular formula is C12H21NO2. The Morgan fingerprint density at radius 2 is 1.93 bits per heavy atom. The third-order valence-electron chi connectivity index (χ3n) is 2.29. The molecule has 0 bridgehead atoms. The maximum absolute atomic E-state index is 11.2. The van der Waals surface area contributed by atoms with Gasteiger partial charge in [0.25, 0.3) is 0 Å². The van der Waals surface area contributed by atoms with E-state index in [-0.39, 0.29) is 18.1 Å². The normalized spacial score (nSPS) is 14.7. The van der Waals surface area contributed by atoms with Crippen LogP contribution in [0.3, 0.4) is 0 Å². The predicted molar refractivity (Wildman–Crippen MR) is 60.1 cm³/mol. The van der Waals surface area contributed by atoms with Crippen LogP contribution in [0.4, 0.5) is 0 Å². The van der Waals surface area contributed by atoms with Crippen molar-refractivity contribution in [1.29, 1.82) is 0 Å². The van der Waals surface area contributed by atoms with Gasteiger partial charge >= 0.3 is 0 Å². The van der Waals surface area contributed by atoms with Gasteiger partial charge in [0, 0.05) is 19.5 Å². The molecule has 0 N–H and O–H groups in total. The molecule has 2 atom stereocenters. The number of carbonyl (C=O) groups is 1. The second-order valence-corrected chi connectivity index (χ2v) is 3.51. The van der Waals surface area contributed by atoms with Gasteiger partial charge in [-0.25, -0.2) is 0 Å². The molecule has 3 heteroatoms. The number of hydrogen-bond acceptors (Lipinski definition) is 2. The van der Waals surface area contributed by atoms with Gasteiger partial charge in [-0.3, -0.25) is 4.79 Å². The van der Waals surface area contributed by atoms with Gasteiger partial charge in [-0.15, -0.1) is 0 Å². The van der Waals surface area contributed by atoms with E-state index in [9.17, 15) is 4.79 Å². The van der Waals surface area contributed by atoms with Gasteiger partial charge in [0.2, 0.25) is 5.91 Å². The van der Waals surface area contributed by atoms with E-state index in [0.29, 0.717) is 13.2 Å². The molecule has 86 valence electrons. The highest BCUT2D eigenvalue weighted by atomic mass is 16.5. The van der Waals surface area contributed by atoms with Crippen LogP contribution in [0.5, 0.6) is 0 Å². The van der Waals surface area contributed by atoms with Gasteiger partial charge in [-0.2, -0.15) is 0 Å². The van der Waals surface area contributed by atoms with Crippen LogP contribution in [0, 0.1) is 13.8 Å². The molecule has 0 heterocycles. The van der Waals surface area contributed by atoms with Gasteiger partial charge in [-0.1, -0.05) is 13.8 Å². The summed E-state index contributed by atoms with van der Waals surface area (Å²) in [5, 5.41) is 0. The summed E-state index contributed by atoms with van der Waals surface area (Å²) in [7, 11) is 0. The summed E-state index contributed by atoms with van der Waals surface area (Å²) in [5.74, 6) is -0.0296. The second-order valence-electron chi connectivity index (χ2n) is 3.51. The van der Waals surface area contributed by atoms with Gasteiger partial charge in [0.05, 0.1) is 12.7 Å². The van der Waals surface area contributed by atoms with Crippen LogP contribution in [-0.2, 0) is 9.53 Å². The van der Waals surface area contributed by atoms with Gasteiger partial charge in [0.1, 0.15) is 0 Å². The van der Waals surface area contributed by atoms with E-state index in [2.05, 4.69) is 0 Å². The topological polar surface area (TPSA) is 29.5 Å². The summed E-state index contributed by atoms with van der Waals surface area (Å²) in [6, 6.07) is -0.232. The van der Waals surface area contributed by atoms with Crippen molar-refractivity contribution in [3.8, 4) is 0 Å². The average molecular weight is 211 g/mol. The number of carbonyl (C=O) groups excluding carboxylic acids is 1. The Bertz CT molecular complexity index is 182. The van der Waals surface area contributed by atoms with Gasteiger partial charge in [0.15, 0.2) is 0 Å². The summed E-state index contributed by atoms with van der Waals surface area (Å²) < 4.78 is 5.29. The van der Waals surface area contributed by atoms with Crippen LogP contribution in [0.25, 0.3) is 0 Å². The molecule has 0 aliphatic carbocycles. The van der Waals surface area contributed by atoms with Gasteiger partial charge in [-0.05, 0) is 26.7 Å². The van der Waals surface area contributed by atoms with Crippen LogP contribution in [0.2, 0.25) is 0 Å². The van der Waals surface area contributed by atoms with Crippen molar-refractivity contribution in [3.63, 3.8) is 0 Å². The lowest BCUT2D eigenvalue weighted by Crippen LogP contribution is -2.39. The highest BCUT2D eigenvalue weighted by Crippen LogP contribution is 2.04. The molecule has 3 nitrogen and oxygen atoms in total. The van der Waals surface area contributed by atoms with Crippen LogP contribution >= 0.6 is 0 Å². The Labute approximate surface area is 93.8 Å². The summed E-state index contributed by atoms with van der Waals surface area (Å²) in [6.07, 6.45) is 1.25. The Morgan fingerprint density at radius 1 is 1.33 bits per heavy atom. The Hall–Kier alpha value is -0.570. The Morgan fingerprint density at radius 3 is 2.33 bits per heavy atom.